The van der Waals surface area contributed by atoms with Crippen LogP contribution in [0.4, 0.5) is 0 Å². The predicted octanol–water partition coefficient (Wildman–Crippen LogP) is 1.97. The van der Waals surface area contributed by atoms with E-state index >= 15 is 0 Å². The molecule has 1 unspecified atom stereocenters. The molecular weight excluding hydrogens is 210 g/mol. The maximum atomic E-state index is 11.7. The largest absolute Gasteiger partial charge is 0.330 e. The normalized spacial score (nSPS) is 14.1. The third-order valence-electron chi connectivity index (χ3n) is 2.69. The van der Waals surface area contributed by atoms with Crippen molar-refractivity contribution in [3.8, 4) is 0 Å². The molecule has 0 bridgehead atoms. The lowest BCUT2D eigenvalue weighted by Crippen LogP contribution is -2.20. The van der Waals surface area contributed by atoms with Crippen molar-refractivity contribution in [1.82, 2.24) is 0 Å². The highest BCUT2D eigenvalue weighted by Gasteiger charge is 2.16. The number of nitrogens with two attached hydrogens (primary N) is 1. The SMILES string of the molecule is CCCCC(CC)CS(=O)(=O)CCCN. The minimum Gasteiger partial charge on any atom is -0.330 e. The van der Waals surface area contributed by atoms with E-state index in [1.165, 1.54) is 0 Å². The van der Waals surface area contributed by atoms with Gasteiger partial charge in [-0.3, -0.25) is 0 Å². The van der Waals surface area contributed by atoms with Gasteiger partial charge in [-0.1, -0.05) is 33.1 Å². The van der Waals surface area contributed by atoms with Gasteiger partial charge in [-0.25, -0.2) is 8.42 Å². The zero-order chi connectivity index (χ0) is 11.7. The first kappa shape index (κ1) is 14.9. The van der Waals surface area contributed by atoms with Gasteiger partial charge in [-0.15, -0.1) is 0 Å². The van der Waals surface area contributed by atoms with Crippen LogP contribution in [0.1, 0.15) is 46.0 Å². The average Bonchev–Trinajstić information content (AvgIpc) is 2.21. The van der Waals surface area contributed by atoms with Gasteiger partial charge in [0.05, 0.1) is 11.5 Å². The second kappa shape index (κ2) is 8.11. The van der Waals surface area contributed by atoms with Crippen LogP contribution in [0.25, 0.3) is 0 Å². The molecule has 4 heteroatoms. The molecule has 2 N–H and O–H groups in total. The third kappa shape index (κ3) is 7.79. The molecule has 1 atom stereocenters. The molecule has 0 radical (unpaired) electrons. The Morgan fingerprint density at radius 3 is 2.33 bits per heavy atom. The van der Waals surface area contributed by atoms with Crippen LogP contribution >= 0.6 is 0 Å². The number of hydrogen-bond acceptors (Lipinski definition) is 3. The molecule has 0 saturated carbocycles. The minimum absolute atomic E-state index is 0.256. The van der Waals surface area contributed by atoms with Gasteiger partial charge in [0.1, 0.15) is 0 Å². The van der Waals surface area contributed by atoms with Crippen molar-refractivity contribution < 1.29 is 8.42 Å². The first-order valence-corrected chi connectivity index (χ1v) is 7.78. The summed E-state index contributed by atoms with van der Waals surface area (Å²) in [5, 5.41) is 0. The van der Waals surface area contributed by atoms with Crippen LogP contribution in [0.15, 0.2) is 0 Å². The van der Waals surface area contributed by atoms with Gasteiger partial charge in [-0.2, -0.15) is 0 Å². The fraction of sp³-hybridized carbons (Fsp3) is 1.00. The van der Waals surface area contributed by atoms with Crippen molar-refractivity contribution in [2.45, 2.75) is 46.0 Å². The van der Waals surface area contributed by atoms with E-state index in [-0.39, 0.29) is 5.75 Å². The number of rotatable bonds is 9. The molecule has 0 aromatic rings. The highest BCUT2D eigenvalue weighted by atomic mass is 32.2. The van der Waals surface area contributed by atoms with E-state index in [2.05, 4.69) is 13.8 Å². The maximum Gasteiger partial charge on any atom is 0.150 e. The second-order valence-corrected chi connectivity index (χ2v) is 6.40. The summed E-state index contributed by atoms with van der Waals surface area (Å²) in [5.74, 6) is 0.947. The van der Waals surface area contributed by atoms with Gasteiger partial charge in [0.2, 0.25) is 0 Å². The molecule has 0 aliphatic carbocycles. The first-order valence-electron chi connectivity index (χ1n) is 5.96. The molecule has 0 amide bonds. The summed E-state index contributed by atoms with van der Waals surface area (Å²) in [6, 6.07) is 0. The van der Waals surface area contributed by atoms with E-state index in [4.69, 9.17) is 5.73 Å². The standard InChI is InChI=1S/C11H25NO2S/c1-3-5-7-11(4-2)10-15(13,14)9-6-8-12/h11H,3-10,12H2,1-2H3. The molecule has 3 nitrogen and oxygen atoms in total. The number of unbranched alkanes of at least 4 members (excludes halogenated alkanes) is 1. The Balaban J connectivity index is 4.03. The Morgan fingerprint density at radius 1 is 1.20 bits per heavy atom. The van der Waals surface area contributed by atoms with Crippen LogP contribution in [0.2, 0.25) is 0 Å². The second-order valence-electron chi connectivity index (χ2n) is 4.17. The van der Waals surface area contributed by atoms with E-state index in [0.29, 0.717) is 24.6 Å². The van der Waals surface area contributed by atoms with Crippen molar-refractivity contribution in [3.05, 3.63) is 0 Å². The van der Waals surface area contributed by atoms with E-state index in [1.807, 2.05) is 0 Å². The van der Waals surface area contributed by atoms with Crippen molar-refractivity contribution in [3.63, 3.8) is 0 Å². The summed E-state index contributed by atoms with van der Waals surface area (Å²) < 4.78 is 23.3. The Kier molecular flexibility index (Phi) is 8.06. The Morgan fingerprint density at radius 2 is 1.87 bits per heavy atom. The molecule has 0 aliphatic heterocycles. The van der Waals surface area contributed by atoms with E-state index < -0.39 is 9.84 Å². The molecule has 0 fully saturated rings. The monoisotopic (exact) mass is 235 g/mol. The zero-order valence-corrected chi connectivity index (χ0v) is 10.9. The van der Waals surface area contributed by atoms with Crippen LogP contribution in [0.3, 0.4) is 0 Å². The Bertz CT molecular complexity index is 237. The van der Waals surface area contributed by atoms with E-state index in [0.717, 1.165) is 25.7 Å². The molecular formula is C11H25NO2S. The fourth-order valence-electron chi connectivity index (χ4n) is 1.64. The maximum absolute atomic E-state index is 11.7. The van der Waals surface area contributed by atoms with Gasteiger partial charge < -0.3 is 5.73 Å². The summed E-state index contributed by atoms with van der Waals surface area (Å²) in [6.07, 6.45) is 4.85. The van der Waals surface area contributed by atoms with Crippen LogP contribution in [-0.4, -0.2) is 26.5 Å². The number of hydrogen-bond donors (Lipinski definition) is 1. The smallest absolute Gasteiger partial charge is 0.150 e. The lowest BCUT2D eigenvalue weighted by molar-refractivity contribution is 0.483. The van der Waals surface area contributed by atoms with Crippen molar-refractivity contribution >= 4 is 9.84 Å². The lowest BCUT2D eigenvalue weighted by atomic mass is 10.0. The third-order valence-corrected chi connectivity index (χ3v) is 4.58. The molecule has 0 aliphatic rings. The molecule has 15 heavy (non-hydrogen) atoms. The molecule has 0 saturated heterocycles. The predicted molar refractivity (Wildman–Crippen MR) is 65.6 cm³/mol. The van der Waals surface area contributed by atoms with Crippen LogP contribution < -0.4 is 5.73 Å². The fourth-order valence-corrected chi connectivity index (χ4v) is 3.54. The van der Waals surface area contributed by atoms with Gasteiger partial charge >= 0.3 is 0 Å². The van der Waals surface area contributed by atoms with E-state index in [9.17, 15) is 8.42 Å². The van der Waals surface area contributed by atoms with Gasteiger partial charge in [-0.05, 0) is 25.3 Å². The van der Waals surface area contributed by atoms with E-state index in [1.54, 1.807) is 0 Å². The highest BCUT2D eigenvalue weighted by Crippen LogP contribution is 2.15. The minimum atomic E-state index is -2.87. The van der Waals surface area contributed by atoms with Crippen molar-refractivity contribution in [2.24, 2.45) is 11.7 Å². The molecule has 0 aromatic carbocycles. The lowest BCUT2D eigenvalue weighted by Gasteiger charge is -2.14. The molecule has 0 rings (SSSR count). The molecule has 92 valence electrons. The van der Waals surface area contributed by atoms with Gasteiger partial charge in [0, 0.05) is 0 Å². The summed E-state index contributed by atoms with van der Waals surface area (Å²) in [4.78, 5) is 0. The summed E-state index contributed by atoms with van der Waals surface area (Å²) in [7, 11) is -2.87. The van der Waals surface area contributed by atoms with Gasteiger partial charge in [0.25, 0.3) is 0 Å². The van der Waals surface area contributed by atoms with Crippen molar-refractivity contribution in [1.29, 1.82) is 0 Å². The summed E-state index contributed by atoms with van der Waals surface area (Å²) in [6.45, 7) is 4.67. The highest BCUT2D eigenvalue weighted by molar-refractivity contribution is 7.91. The Labute approximate surface area is 94.4 Å². The summed E-state index contributed by atoms with van der Waals surface area (Å²) in [5.41, 5.74) is 5.31. The average molecular weight is 235 g/mol. The number of sulfone groups is 1. The molecule has 0 aromatic heterocycles. The first-order chi connectivity index (χ1) is 7.05. The Hall–Kier alpha value is -0.0900. The topological polar surface area (TPSA) is 60.2 Å². The zero-order valence-electron chi connectivity index (χ0n) is 10.0. The van der Waals surface area contributed by atoms with Crippen LogP contribution in [0.5, 0.6) is 0 Å². The van der Waals surface area contributed by atoms with Gasteiger partial charge in [0.15, 0.2) is 9.84 Å². The summed E-state index contributed by atoms with van der Waals surface area (Å²) >= 11 is 0. The van der Waals surface area contributed by atoms with Crippen LogP contribution in [0, 0.1) is 5.92 Å². The molecule has 0 heterocycles. The quantitative estimate of drug-likeness (QED) is 0.664. The van der Waals surface area contributed by atoms with Crippen molar-refractivity contribution in [2.75, 3.05) is 18.1 Å². The molecule has 0 spiro atoms. The van der Waals surface area contributed by atoms with Crippen LogP contribution in [-0.2, 0) is 9.84 Å².